The molecule has 4 rings (SSSR count). The van der Waals surface area contributed by atoms with Crippen molar-refractivity contribution in [2.24, 2.45) is 5.92 Å². The Morgan fingerprint density at radius 2 is 1.67 bits per heavy atom. The van der Waals surface area contributed by atoms with Crippen LogP contribution in [-0.2, 0) is 9.59 Å². The maximum atomic E-state index is 13.1. The van der Waals surface area contributed by atoms with Crippen LogP contribution in [0.15, 0.2) is 36.4 Å². The minimum absolute atomic E-state index is 0.0141. The van der Waals surface area contributed by atoms with E-state index in [-0.39, 0.29) is 23.9 Å². The Kier molecular flexibility index (Phi) is 5.61. The highest BCUT2D eigenvalue weighted by Crippen LogP contribution is 2.40. The van der Waals surface area contributed by atoms with E-state index in [0.29, 0.717) is 12.0 Å². The minimum atomic E-state index is -0.299. The highest BCUT2D eigenvalue weighted by molar-refractivity contribution is 5.96. The van der Waals surface area contributed by atoms with Crippen LogP contribution in [0.2, 0.25) is 0 Å². The van der Waals surface area contributed by atoms with Gasteiger partial charge in [0.15, 0.2) is 0 Å². The van der Waals surface area contributed by atoms with E-state index < -0.39 is 0 Å². The quantitative estimate of drug-likeness (QED) is 0.821. The SMILES string of the molecule is O=C(NC1CCCC1)C1CC2CCCCC2N1C(=O)C=Cc1ccccc1. The molecule has 3 unspecified atom stereocenters. The number of likely N-dealkylation sites (tertiary alicyclic amines) is 1. The average Bonchev–Trinajstić information content (AvgIpc) is 3.34. The van der Waals surface area contributed by atoms with Crippen molar-refractivity contribution in [3.63, 3.8) is 0 Å². The second-order valence-electron chi connectivity index (χ2n) is 8.34. The van der Waals surface area contributed by atoms with Gasteiger partial charge in [-0.25, -0.2) is 0 Å². The van der Waals surface area contributed by atoms with Crippen molar-refractivity contribution < 1.29 is 9.59 Å². The van der Waals surface area contributed by atoms with E-state index in [1.165, 1.54) is 19.3 Å². The van der Waals surface area contributed by atoms with E-state index in [1.807, 2.05) is 41.3 Å². The lowest BCUT2D eigenvalue weighted by Gasteiger charge is -2.33. The summed E-state index contributed by atoms with van der Waals surface area (Å²) in [6.07, 6.45) is 13.4. The first-order chi connectivity index (χ1) is 13.2. The van der Waals surface area contributed by atoms with Crippen LogP contribution in [0.25, 0.3) is 6.08 Å². The molecule has 4 heteroatoms. The molecular weight excluding hydrogens is 336 g/mol. The Bertz CT molecular complexity index is 694. The molecule has 3 atom stereocenters. The van der Waals surface area contributed by atoms with Crippen molar-refractivity contribution in [3.05, 3.63) is 42.0 Å². The van der Waals surface area contributed by atoms with E-state index in [4.69, 9.17) is 0 Å². The smallest absolute Gasteiger partial charge is 0.247 e. The topological polar surface area (TPSA) is 49.4 Å². The first-order valence-corrected chi connectivity index (χ1v) is 10.6. The van der Waals surface area contributed by atoms with Gasteiger partial charge in [0.05, 0.1) is 0 Å². The molecule has 1 saturated heterocycles. The van der Waals surface area contributed by atoms with Crippen molar-refractivity contribution in [1.29, 1.82) is 0 Å². The third kappa shape index (κ3) is 4.10. The lowest BCUT2D eigenvalue weighted by Crippen LogP contribution is -2.50. The van der Waals surface area contributed by atoms with Crippen LogP contribution in [0.1, 0.15) is 63.4 Å². The van der Waals surface area contributed by atoms with Crippen molar-refractivity contribution in [1.82, 2.24) is 10.2 Å². The summed E-state index contributed by atoms with van der Waals surface area (Å²) in [4.78, 5) is 28.0. The van der Waals surface area contributed by atoms with Gasteiger partial charge in [-0.3, -0.25) is 9.59 Å². The first kappa shape index (κ1) is 18.3. The Hall–Kier alpha value is -2.10. The molecule has 2 aliphatic carbocycles. The van der Waals surface area contributed by atoms with Gasteiger partial charge in [0.2, 0.25) is 11.8 Å². The summed E-state index contributed by atoms with van der Waals surface area (Å²) in [5, 5.41) is 3.23. The summed E-state index contributed by atoms with van der Waals surface area (Å²) in [6, 6.07) is 10.1. The number of nitrogens with zero attached hydrogens (tertiary/aromatic N) is 1. The summed E-state index contributed by atoms with van der Waals surface area (Å²) in [7, 11) is 0. The second kappa shape index (κ2) is 8.28. The number of fused-ring (bicyclic) bond motifs is 1. The number of carbonyl (C=O) groups is 2. The van der Waals surface area contributed by atoms with Gasteiger partial charge in [-0.2, -0.15) is 0 Å². The molecule has 2 amide bonds. The summed E-state index contributed by atoms with van der Waals surface area (Å²) in [5.74, 6) is 0.532. The van der Waals surface area contributed by atoms with Crippen LogP contribution in [-0.4, -0.2) is 34.8 Å². The molecule has 0 radical (unpaired) electrons. The zero-order valence-corrected chi connectivity index (χ0v) is 16.0. The highest BCUT2D eigenvalue weighted by Gasteiger charge is 2.47. The standard InChI is InChI=1S/C23H30N2O2/c26-22(15-14-17-8-2-1-3-9-17)25-20-13-7-4-10-18(20)16-21(25)23(27)24-19-11-5-6-12-19/h1-3,8-9,14-15,18-21H,4-7,10-13,16H2,(H,24,27). The first-order valence-electron chi connectivity index (χ1n) is 10.6. The molecule has 1 aromatic rings. The van der Waals surface area contributed by atoms with Crippen LogP contribution in [0, 0.1) is 5.92 Å². The van der Waals surface area contributed by atoms with Gasteiger partial charge in [-0.05, 0) is 49.7 Å². The fourth-order valence-corrected chi connectivity index (χ4v) is 5.20. The van der Waals surface area contributed by atoms with E-state index in [2.05, 4.69) is 5.32 Å². The minimum Gasteiger partial charge on any atom is -0.352 e. The molecule has 0 bridgehead atoms. The molecule has 0 aromatic heterocycles. The molecule has 0 spiro atoms. The van der Waals surface area contributed by atoms with E-state index in [9.17, 15) is 9.59 Å². The fourth-order valence-electron chi connectivity index (χ4n) is 5.20. The van der Waals surface area contributed by atoms with Gasteiger partial charge in [0.25, 0.3) is 0 Å². The van der Waals surface area contributed by atoms with E-state index in [1.54, 1.807) is 6.08 Å². The number of amides is 2. The predicted octanol–water partition coefficient (Wildman–Crippen LogP) is 3.92. The van der Waals surface area contributed by atoms with Gasteiger partial charge in [-0.15, -0.1) is 0 Å². The molecule has 4 nitrogen and oxygen atoms in total. The Morgan fingerprint density at radius 1 is 0.963 bits per heavy atom. The number of hydrogen-bond acceptors (Lipinski definition) is 2. The summed E-state index contributed by atoms with van der Waals surface area (Å²) >= 11 is 0. The molecule has 3 fully saturated rings. The van der Waals surface area contributed by atoms with Crippen LogP contribution in [0.5, 0.6) is 0 Å². The van der Waals surface area contributed by atoms with Crippen LogP contribution in [0.4, 0.5) is 0 Å². The number of hydrogen-bond donors (Lipinski definition) is 1. The molecule has 3 aliphatic rings. The number of benzene rings is 1. The van der Waals surface area contributed by atoms with Crippen LogP contribution >= 0.6 is 0 Å². The lowest BCUT2D eigenvalue weighted by atomic mass is 9.84. The summed E-state index contributed by atoms with van der Waals surface area (Å²) in [6.45, 7) is 0. The Balaban J connectivity index is 1.50. The second-order valence-corrected chi connectivity index (χ2v) is 8.34. The van der Waals surface area contributed by atoms with Crippen molar-refractivity contribution in [3.8, 4) is 0 Å². The van der Waals surface area contributed by atoms with Gasteiger partial charge in [0.1, 0.15) is 6.04 Å². The molecular formula is C23H30N2O2. The summed E-state index contributed by atoms with van der Waals surface area (Å²) < 4.78 is 0. The molecule has 27 heavy (non-hydrogen) atoms. The Morgan fingerprint density at radius 3 is 2.44 bits per heavy atom. The summed E-state index contributed by atoms with van der Waals surface area (Å²) in [5.41, 5.74) is 1.01. The van der Waals surface area contributed by atoms with E-state index >= 15 is 0 Å². The largest absolute Gasteiger partial charge is 0.352 e. The average molecular weight is 367 g/mol. The number of nitrogens with one attached hydrogen (secondary N) is 1. The van der Waals surface area contributed by atoms with Crippen molar-refractivity contribution in [2.75, 3.05) is 0 Å². The van der Waals surface area contributed by atoms with Gasteiger partial charge in [-0.1, -0.05) is 56.0 Å². The zero-order chi connectivity index (χ0) is 18.6. The normalized spacial score (nSPS) is 28.4. The van der Waals surface area contributed by atoms with Crippen molar-refractivity contribution in [2.45, 2.75) is 75.9 Å². The van der Waals surface area contributed by atoms with Crippen LogP contribution < -0.4 is 5.32 Å². The van der Waals surface area contributed by atoms with Gasteiger partial charge in [0, 0.05) is 18.2 Å². The number of rotatable bonds is 4. The zero-order valence-electron chi connectivity index (χ0n) is 16.0. The molecule has 1 aliphatic heterocycles. The monoisotopic (exact) mass is 366 g/mol. The molecule has 144 valence electrons. The molecule has 1 heterocycles. The van der Waals surface area contributed by atoms with Gasteiger partial charge >= 0.3 is 0 Å². The number of carbonyl (C=O) groups excluding carboxylic acids is 2. The Labute approximate surface area is 162 Å². The highest BCUT2D eigenvalue weighted by atomic mass is 16.2. The molecule has 1 N–H and O–H groups in total. The predicted molar refractivity (Wildman–Crippen MR) is 107 cm³/mol. The third-order valence-electron chi connectivity index (χ3n) is 6.56. The van der Waals surface area contributed by atoms with E-state index in [0.717, 1.165) is 44.1 Å². The molecule has 2 saturated carbocycles. The maximum Gasteiger partial charge on any atom is 0.247 e. The molecule has 1 aromatic carbocycles. The van der Waals surface area contributed by atoms with Crippen LogP contribution in [0.3, 0.4) is 0 Å². The maximum absolute atomic E-state index is 13.1. The van der Waals surface area contributed by atoms with Gasteiger partial charge < -0.3 is 10.2 Å². The van der Waals surface area contributed by atoms with Crippen molar-refractivity contribution >= 4 is 17.9 Å². The fraction of sp³-hybridized carbons (Fsp3) is 0.565. The lowest BCUT2D eigenvalue weighted by molar-refractivity contribution is -0.137. The third-order valence-corrected chi connectivity index (χ3v) is 6.56.